The van der Waals surface area contributed by atoms with Crippen molar-refractivity contribution in [2.45, 2.75) is 13.3 Å². The number of anilines is 1. The van der Waals surface area contributed by atoms with Crippen LogP contribution in [0.25, 0.3) is 6.08 Å². The molecule has 180 valence electrons. The molecular weight excluding hydrogens is 540 g/mol. The van der Waals surface area contributed by atoms with Gasteiger partial charge in [-0.15, -0.1) is 0 Å². The topological polar surface area (TPSA) is 77.1 Å². The number of ether oxygens (including phenoxy) is 3. The molecule has 0 aromatic heterocycles. The first-order valence-electron chi connectivity index (χ1n) is 10.4. The van der Waals surface area contributed by atoms with Crippen molar-refractivity contribution >= 4 is 67.8 Å². The van der Waals surface area contributed by atoms with Gasteiger partial charge in [0, 0.05) is 25.9 Å². The predicted molar refractivity (Wildman–Crippen MR) is 142 cm³/mol. The lowest BCUT2D eigenvalue weighted by molar-refractivity contribution is -0.122. The molecular formula is C24H25BrN2O5S2. The normalized spacial score (nSPS) is 14.6. The van der Waals surface area contributed by atoms with E-state index in [0.717, 1.165) is 11.1 Å². The molecule has 0 unspecified atom stereocenters. The van der Waals surface area contributed by atoms with E-state index < -0.39 is 0 Å². The van der Waals surface area contributed by atoms with Crippen LogP contribution in [0, 0.1) is 6.92 Å². The highest BCUT2D eigenvalue weighted by Crippen LogP contribution is 2.39. The number of methoxy groups -OCH3 is 2. The molecule has 0 atom stereocenters. The van der Waals surface area contributed by atoms with Gasteiger partial charge in [0.2, 0.25) is 0 Å². The summed E-state index contributed by atoms with van der Waals surface area (Å²) in [6, 6.07) is 11.1. The van der Waals surface area contributed by atoms with Gasteiger partial charge in [0.05, 0.1) is 16.5 Å². The van der Waals surface area contributed by atoms with Crippen LogP contribution in [-0.2, 0) is 14.3 Å². The van der Waals surface area contributed by atoms with Gasteiger partial charge in [-0.3, -0.25) is 14.5 Å². The zero-order valence-corrected chi connectivity index (χ0v) is 22.3. The fourth-order valence-corrected chi connectivity index (χ4v) is 5.11. The molecule has 2 aromatic rings. The number of nitrogens with zero attached hydrogens (tertiary/aromatic N) is 1. The van der Waals surface area contributed by atoms with Crippen LogP contribution in [0.15, 0.2) is 45.8 Å². The fraction of sp³-hybridized carbons (Fsp3) is 0.292. The Morgan fingerprint density at radius 2 is 2.06 bits per heavy atom. The maximum absolute atomic E-state index is 12.8. The van der Waals surface area contributed by atoms with Crippen molar-refractivity contribution in [1.82, 2.24) is 4.90 Å². The summed E-state index contributed by atoms with van der Waals surface area (Å²) >= 11 is 10.1. The van der Waals surface area contributed by atoms with Gasteiger partial charge >= 0.3 is 0 Å². The average Bonchev–Trinajstić information content (AvgIpc) is 3.05. The van der Waals surface area contributed by atoms with E-state index in [9.17, 15) is 9.59 Å². The molecule has 1 heterocycles. The molecule has 3 rings (SSSR count). The number of benzene rings is 2. The lowest BCUT2D eigenvalue weighted by atomic mass is 10.2. The Kier molecular flexibility index (Phi) is 9.52. The first-order chi connectivity index (χ1) is 16.3. The van der Waals surface area contributed by atoms with E-state index in [4.69, 9.17) is 26.4 Å². The zero-order valence-electron chi connectivity index (χ0n) is 19.1. The monoisotopic (exact) mass is 564 g/mol. The highest BCUT2D eigenvalue weighted by molar-refractivity contribution is 9.10. The molecule has 1 saturated heterocycles. The Balaban J connectivity index is 1.70. The Morgan fingerprint density at radius 3 is 2.76 bits per heavy atom. The minimum Gasteiger partial charge on any atom is -0.493 e. The molecule has 34 heavy (non-hydrogen) atoms. The Hall–Kier alpha value is -2.40. The maximum atomic E-state index is 12.8. The SMILES string of the molecule is COCCCN1C(=O)/C(=C/c2cc(Br)c(OCC(=O)Nc3cccc(C)c3)c(OC)c2)SC1=S. The third-order valence-electron chi connectivity index (χ3n) is 4.80. The van der Waals surface area contributed by atoms with Crippen LogP contribution in [0.4, 0.5) is 5.69 Å². The molecule has 1 fully saturated rings. The number of nitrogens with one attached hydrogen (secondary N) is 1. The number of aryl methyl sites for hydroxylation is 1. The van der Waals surface area contributed by atoms with Crippen molar-refractivity contribution in [3.8, 4) is 11.5 Å². The van der Waals surface area contributed by atoms with Gasteiger partial charge in [-0.25, -0.2) is 0 Å². The molecule has 1 N–H and O–H groups in total. The lowest BCUT2D eigenvalue weighted by Gasteiger charge is -2.14. The quantitative estimate of drug-likeness (QED) is 0.246. The average molecular weight is 566 g/mol. The summed E-state index contributed by atoms with van der Waals surface area (Å²) < 4.78 is 17.4. The van der Waals surface area contributed by atoms with Crippen molar-refractivity contribution in [2.24, 2.45) is 0 Å². The van der Waals surface area contributed by atoms with Crippen molar-refractivity contribution in [3.05, 3.63) is 56.9 Å². The smallest absolute Gasteiger partial charge is 0.266 e. The molecule has 0 spiro atoms. The lowest BCUT2D eigenvalue weighted by Crippen LogP contribution is -2.29. The van der Waals surface area contributed by atoms with Crippen LogP contribution >= 0.6 is 39.9 Å². The van der Waals surface area contributed by atoms with Crippen molar-refractivity contribution in [2.75, 3.05) is 39.3 Å². The van der Waals surface area contributed by atoms with Gasteiger partial charge in [0.15, 0.2) is 18.1 Å². The summed E-state index contributed by atoms with van der Waals surface area (Å²) in [6.07, 6.45) is 2.47. The van der Waals surface area contributed by atoms with Crippen LogP contribution in [0.3, 0.4) is 0 Å². The number of halogens is 1. The number of hydrogen-bond acceptors (Lipinski definition) is 7. The minimum atomic E-state index is -0.291. The molecule has 1 aliphatic heterocycles. The van der Waals surface area contributed by atoms with E-state index in [1.165, 1.54) is 18.9 Å². The highest BCUT2D eigenvalue weighted by Gasteiger charge is 2.31. The maximum Gasteiger partial charge on any atom is 0.266 e. The summed E-state index contributed by atoms with van der Waals surface area (Å²) in [4.78, 5) is 27.2. The van der Waals surface area contributed by atoms with Crippen LogP contribution < -0.4 is 14.8 Å². The van der Waals surface area contributed by atoms with E-state index >= 15 is 0 Å². The van der Waals surface area contributed by atoms with Gasteiger partial charge in [-0.1, -0.05) is 36.1 Å². The number of carbonyl (C=O) groups is 2. The molecule has 10 heteroatoms. The number of carbonyl (C=O) groups excluding carboxylic acids is 2. The number of thioether (sulfide) groups is 1. The van der Waals surface area contributed by atoms with E-state index in [-0.39, 0.29) is 18.4 Å². The second kappa shape index (κ2) is 12.3. The molecule has 0 saturated carbocycles. The fourth-order valence-electron chi connectivity index (χ4n) is 3.23. The van der Waals surface area contributed by atoms with Crippen molar-refractivity contribution in [1.29, 1.82) is 0 Å². The summed E-state index contributed by atoms with van der Waals surface area (Å²) in [6.45, 7) is 2.84. The highest BCUT2D eigenvalue weighted by atomic mass is 79.9. The standard InChI is InChI=1S/C24H25BrN2O5S2/c1-15-6-4-7-17(10-15)26-21(28)14-32-22-18(25)11-16(12-19(22)31-3)13-20-23(29)27(24(33)34-20)8-5-9-30-2/h4,6-7,10-13H,5,8-9,14H2,1-3H3,(H,26,28)/b20-13-. The molecule has 2 amide bonds. The molecule has 0 aliphatic carbocycles. The Bertz CT molecular complexity index is 1120. The number of amides is 2. The van der Waals surface area contributed by atoms with E-state index in [1.54, 1.807) is 30.2 Å². The molecule has 0 radical (unpaired) electrons. The zero-order chi connectivity index (χ0) is 24.7. The second-order valence-corrected chi connectivity index (χ2v) is 9.95. The van der Waals surface area contributed by atoms with Gasteiger partial charge in [-0.05, 0) is 70.7 Å². The Morgan fingerprint density at radius 1 is 1.26 bits per heavy atom. The summed E-state index contributed by atoms with van der Waals surface area (Å²) in [5.74, 6) is 0.404. The largest absolute Gasteiger partial charge is 0.493 e. The summed E-state index contributed by atoms with van der Waals surface area (Å²) in [7, 11) is 3.14. The van der Waals surface area contributed by atoms with Crippen LogP contribution in [0.2, 0.25) is 0 Å². The summed E-state index contributed by atoms with van der Waals surface area (Å²) in [5.41, 5.74) is 2.48. The first kappa shape index (κ1) is 26.2. The first-order valence-corrected chi connectivity index (χ1v) is 12.4. The predicted octanol–water partition coefficient (Wildman–Crippen LogP) is 5.02. The third-order valence-corrected chi connectivity index (χ3v) is 6.77. The molecule has 0 bridgehead atoms. The van der Waals surface area contributed by atoms with Crippen LogP contribution in [-0.4, -0.2) is 55.0 Å². The van der Waals surface area contributed by atoms with Gasteiger partial charge in [0.25, 0.3) is 11.8 Å². The number of rotatable bonds is 10. The van der Waals surface area contributed by atoms with Gasteiger partial charge in [-0.2, -0.15) is 0 Å². The van der Waals surface area contributed by atoms with Crippen molar-refractivity contribution < 1.29 is 23.8 Å². The number of thiocarbonyl (C=S) groups is 1. The van der Waals surface area contributed by atoms with E-state index in [0.29, 0.717) is 50.5 Å². The Labute approximate surface area is 216 Å². The third kappa shape index (κ3) is 6.82. The molecule has 1 aliphatic rings. The van der Waals surface area contributed by atoms with Crippen LogP contribution in [0.5, 0.6) is 11.5 Å². The summed E-state index contributed by atoms with van der Waals surface area (Å²) in [5, 5.41) is 2.81. The van der Waals surface area contributed by atoms with Crippen LogP contribution in [0.1, 0.15) is 17.5 Å². The van der Waals surface area contributed by atoms with Gasteiger partial charge in [0.1, 0.15) is 4.32 Å². The minimum absolute atomic E-state index is 0.130. The van der Waals surface area contributed by atoms with Crippen molar-refractivity contribution in [3.63, 3.8) is 0 Å². The van der Waals surface area contributed by atoms with E-state index in [2.05, 4.69) is 21.2 Å². The van der Waals surface area contributed by atoms with E-state index in [1.807, 2.05) is 31.2 Å². The molecule has 2 aromatic carbocycles. The molecule has 7 nitrogen and oxygen atoms in total. The van der Waals surface area contributed by atoms with Gasteiger partial charge < -0.3 is 19.5 Å². The number of hydrogen-bond donors (Lipinski definition) is 1. The second-order valence-electron chi connectivity index (χ2n) is 7.42.